The Morgan fingerprint density at radius 2 is 1.81 bits per heavy atom. The van der Waals surface area contributed by atoms with E-state index in [0.717, 1.165) is 21.6 Å². The molecule has 0 radical (unpaired) electrons. The molecule has 1 aromatic heterocycles. The first-order chi connectivity index (χ1) is 12.9. The number of hydrogen-bond acceptors (Lipinski definition) is 4. The molecule has 0 aliphatic carbocycles. The van der Waals surface area contributed by atoms with Crippen LogP contribution >= 0.6 is 18.9 Å². The van der Waals surface area contributed by atoms with Crippen LogP contribution in [-0.4, -0.2) is 13.4 Å². The van der Waals surface area contributed by atoms with Crippen LogP contribution in [0, 0.1) is 19.7 Å². The van der Waals surface area contributed by atoms with E-state index >= 15 is 0 Å². The molecule has 4 nitrogen and oxygen atoms in total. The highest BCUT2D eigenvalue weighted by Crippen LogP contribution is 2.48. The van der Waals surface area contributed by atoms with Crippen LogP contribution in [0.25, 0.3) is 10.4 Å². The Kier molecular flexibility index (Phi) is 5.61. The van der Waals surface area contributed by atoms with E-state index in [9.17, 15) is 13.8 Å². The first-order valence-electron chi connectivity index (χ1n) is 8.23. The van der Waals surface area contributed by atoms with E-state index in [1.165, 1.54) is 30.6 Å². The summed E-state index contributed by atoms with van der Waals surface area (Å²) in [5, 5.41) is 3.50. The van der Waals surface area contributed by atoms with E-state index in [4.69, 9.17) is 4.52 Å². The van der Waals surface area contributed by atoms with Gasteiger partial charge in [0.05, 0.1) is 15.9 Å². The number of carbonyl (C=O) groups excluding carboxylic acids is 1. The largest absolute Gasteiger partial charge is 0.324 e. The molecule has 0 saturated heterocycles. The van der Waals surface area contributed by atoms with Crippen molar-refractivity contribution in [1.82, 2.24) is 0 Å². The van der Waals surface area contributed by atoms with E-state index in [0.29, 0.717) is 22.2 Å². The molecule has 1 unspecified atom stereocenters. The van der Waals surface area contributed by atoms with Gasteiger partial charge in [0.2, 0.25) is 0 Å². The summed E-state index contributed by atoms with van der Waals surface area (Å²) in [6, 6.07) is 13.3. The van der Waals surface area contributed by atoms with Crippen molar-refractivity contribution in [2.75, 3.05) is 12.2 Å². The van der Waals surface area contributed by atoms with Crippen molar-refractivity contribution in [1.29, 1.82) is 0 Å². The van der Waals surface area contributed by atoms with Crippen molar-refractivity contribution >= 4 is 36.1 Å². The molecule has 27 heavy (non-hydrogen) atoms. The minimum Gasteiger partial charge on any atom is -0.314 e. The highest BCUT2D eigenvalue weighted by Gasteiger charge is 2.28. The average molecular weight is 403 g/mol. The number of anilines is 1. The fraction of sp³-hybridized carbons (Fsp3) is 0.150. The number of halogens is 1. The first-order valence-corrected chi connectivity index (χ1v) is 10.7. The molecule has 0 spiro atoms. The molecule has 3 aromatic rings. The topological polar surface area (TPSA) is 55.4 Å². The molecule has 1 N–H and O–H groups in total. The summed E-state index contributed by atoms with van der Waals surface area (Å²) < 4.78 is 32.0. The fourth-order valence-corrected chi connectivity index (χ4v) is 5.56. The van der Waals surface area contributed by atoms with Gasteiger partial charge in [-0.2, -0.15) is 0 Å². The molecule has 0 aliphatic rings. The van der Waals surface area contributed by atoms with Crippen LogP contribution in [0.2, 0.25) is 0 Å². The fourth-order valence-electron chi connectivity index (χ4n) is 2.83. The van der Waals surface area contributed by atoms with Crippen molar-refractivity contribution < 1.29 is 18.3 Å². The summed E-state index contributed by atoms with van der Waals surface area (Å²) in [6.45, 7) is 3.83. The van der Waals surface area contributed by atoms with Crippen LogP contribution in [0.15, 0.2) is 48.5 Å². The lowest BCUT2D eigenvalue weighted by Crippen LogP contribution is -2.16. The zero-order valence-corrected chi connectivity index (χ0v) is 16.9. The number of hydrogen-bond donors (Lipinski definition) is 1. The lowest BCUT2D eigenvalue weighted by Gasteiger charge is -2.20. The van der Waals surface area contributed by atoms with Gasteiger partial charge in [-0.25, -0.2) is 4.39 Å². The van der Waals surface area contributed by atoms with Crippen molar-refractivity contribution in [2.45, 2.75) is 13.8 Å². The van der Waals surface area contributed by atoms with E-state index in [-0.39, 0.29) is 5.82 Å². The molecule has 0 aliphatic heterocycles. The van der Waals surface area contributed by atoms with Crippen LogP contribution in [0.5, 0.6) is 0 Å². The second-order valence-corrected chi connectivity index (χ2v) is 9.41. The number of thiophene rings is 1. The molecule has 1 heterocycles. The number of aryl methyl sites for hydroxylation is 2. The molecule has 0 fully saturated rings. The molecule has 0 bridgehead atoms. The molecule has 140 valence electrons. The highest BCUT2D eigenvalue weighted by atomic mass is 32.1. The number of carbonyl (C=O) groups is 1. The van der Waals surface area contributed by atoms with Crippen LogP contribution < -0.4 is 10.4 Å². The van der Waals surface area contributed by atoms with Crippen molar-refractivity contribution in [2.24, 2.45) is 0 Å². The molecule has 7 heteroatoms. The molecular formula is C20H19FNO3PS. The minimum absolute atomic E-state index is 0.331. The predicted octanol–water partition coefficient (Wildman–Crippen LogP) is 5.56. The Bertz CT molecular complexity index is 1030. The van der Waals surface area contributed by atoms with Gasteiger partial charge in [0.15, 0.2) is 6.29 Å². The normalized spacial score (nSPS) is 13.2. The van der Waals surface area contributed by atoms with Gasteiger partial charge in [-0.3, -0.25) is 9.36 Å². The maximum atomic E-state index is 13.4. The lowest BCUT2D eigenvalue weighted by atomic mass is 10.2. The zero-order chi connectivity index (χ0) is 19.6. The first kappa shape index (κ1) is 19.5. The molecule has 2 aromatic carbocycles. The smallest absolute Gasteiger partial charge is 0.314 e. The third kappa shape index (κ3) is 4.03. The van der Waals surface area contributed by atoms with Gasteiger partial charge in [-0.1, -0.05) is 29.8 Å². The van der Waals surface area contributed by atoms with Gasteiger partial charge in [0.1, 0.15) is 5.82 Å². The minimum atomic E-state index is -3.42. The van der Waals surface area contributed by atoms with Gasteiger partial charge in [-0.05, 0) is 49.2 Å². The molecule has 3 rings (SSSR count). The maximum Gasteiger partial charge on any atom is 0.324 e. The van der Waals surface area contributed by atoms with Gasteiger partial charge < -0.3 is 9.61 Å². The van der Waals surface area contributed by atoms with E-state index in [1.807, 2.05) is 26.0 Å². The lowest BCUT2D eigenvalue weighted by molar-refractivity contribution is 0.112. The monoisotopic (exact) mass is 403 g/mol. The van der Waals surface area contributed by atoms with Gasteiger partial charge in [0, 0.05) is 12.0 Å². The van der Waals surface area contributed by atoms with Crippen LogP contribution in [0.4, 0.5) is 10.1 Å². The van der Waals surface area contributed by atoms with E-state index in [2.05, 4.69) is 5.09 Å². The summed E-state index contributed by atoms with van der Waals surface area (Å²) >= 11 is 1.24. The quantitative estimate of drug-likeness (QED) is 0.432. The van der Waals surface area contributed by atoms with Crippen molar-refractivity contribution in [3.8, 4) is 10.4 Å². The molecule has 1 atom stereocenters. The Morgan fingerprint density at radius 3 is 2.41 bits per heavy atom. The second kappa shape index (κ2) is 7.77. The van der Waals surface area contributed by atoms with Crippen molar-refractivity contribution in [3.63, 3.8) is 0 Å². The maximum absolute atomic E-state index is 13.4. The molecular weight excluding hydrogens is 384 g/mol. The number of aldehydes is 1. The van der Waals surface area contributed by atoms with Crippen LogP contribution in [-0.2, 0) is 9.09 Å². The summed E-state index contributed by atoms with van der Waals surface area (Å²) in [5.41, 5.74) is 3.10. The zero-order valence-electron chi connectivity index (χ0n) is 15.2. The van der Waals surface area contributed by atoms with Gasteiger partial charge >= 0.3 is 7.52 Å². The van der Waals surface area contributed by atoms with Gasteiger partial charge in [0.25, 0.3) is 0 Å². The molecule has 0 saturated carbocycles. The summed E-state index contributed by atoms with van der Waals surface area (Å²) in [5.74, 6) is -0.331. The van der Waals surface area contributed by atoms with Crippen LogP contribution in [0.3, 0.4) is 0 Å². The Morgan fingerprint density at radius 1 is 1.11 bits per heavy atom. The van der Waals surface area contributed by atoms with Crippen molar-refractivity contribution in [3.05, 3.63) is 70.4 Å². The Hall–Kier alpha value is -2.27. The third-order valence-corrected chi connectivity index (χ3v) is 7.49. The highest BCUT2D eigenvalue weighted by molar-refractivity contribution is 7.68. The third-order valence-electron chi connectivity index (χ3n) is 4.19. The standard InChI is InChI=1S/C20H19FNO3PS/c1-13-4-9-18(14(2)10-13)26(24,25-3)22-17-11-19(27-20(17)12-23)15-5-7-16(21)8-6-15/h4-12H,1-3H3,(H,22,24). The molecule has 0 amide bonds. The Balaban J connectivity index is 2.01. The SMILES string of the molecule is COP(=O)(Nc1cc(-c2ccc(F)cc2)sc1C=O)c1ccc(C)cc1C. The van der Waals surface area contributed by atoms with E-state index < -0.39 is 7.52 Å². The predicted molar refractivity (Wildman–Crippen MR) is 109 cm³/mol. The summed E-state index contributed by atoms with van der Waals surface area (Å²) in [4.78, 5) is 12.7. The summed E-state index contributed by atoms with van der Waals surface area (Å²) in [6.07, 6.45) is 0.710. The number of benzene rings is 2. The number of nitrogens with one attached hydrogen (secondary N) is 1. The van der Waals surface area contributed by atoms with Crippen LogP contribution in [0.1, 0.15) is 20.8 Å². The van der Waals surface area contributed by atoms with E-state index in [1.54, 1.807) is 24.3 Å². The average Bonchev–Trinajstić information content (AvgIpc) is 3.04. The van der Waals surface area contributed by atoms with Gasteiger partial charge in [-0.15, -0.1) is 11.3 Å². The number of rotatable bonds is 6. The Labute approximate surface area is 161 Å². The second-order valence-electron chi connectivity index (χ2n) is 6.15. The summed E-state index contributed by atoms with van der Waals surface area (Å²) in [7, 11) is -2.04.